The maximum absolute atomic E-state index is 11.1. The number of nitrogens with zero attached hydrogens (tertiary/aromatic N) is 2. The number of esters is 1. The Kier molecular flexibility index (Phi) is 3.02. The monoisotopic (exact) mass is 201 g/mol. The lowest BCUT2D eigenvalue weighted by Gasteiger charge is -2.01. The van der Waals surface area contributed by atoms with E-state index in [1.54, 1.807) is 6.92 Å². The molecule has 0 bridgehead atoms. The molecule has 0 fully saturated rings. The van der Waals surface area contributed by atoms with Crippen molar-refractivity contribution in [2.24, 2.45) is 0 Å². The van der Waals surface area contributed by atoms with Gasteiger partial charge < -0.3 is 10.5 Å². The van der Waals surface area contributed by atoms with Crippen molar-refractivity contribution < 1.29 is 9.53 Å². The van der Waals surface area contributed by atoms with Gasteiger partial charge in [0.2, 0.25) is 0 Å². The van der Waals surface area contributed by atoms with Gasteiger partial charge in [-0.25, -0.2) is 14.8 Å². The van der Waals surface area contributed by atoms with Gasteiger partial charge in [0.1, 0.15) is 0 Å². The molecule has 2 N–H and O–H groups in total. The zero-order valence-corrected chi connectivity index (χ0v) is 7.71. The van der Waals surface area contributed by atoms with Gasteiger partial charge >= 0.3 is 5.97 Å². The third-order valence-electron chi connectivity index (χ3n) is 1.24. The van der Waals surface area contributed by atoms with Crippen LogP contribution in [0.4, 0.5) is 5.82 Å². The molecular formula is C7H8ClN3O2. The number of nitrogen functional groups attached to an aromatic ring is 1. The van der Waals surface area contributed by atoms with Crippen molar-refractivity contribution in [2.75, 3.05) is 12.3 Å². The van der Waals surface area contributed by atoms with Gasteiger partial charge in [-0.3, -0.25) is 0 Å². The summed E-state index contributed by atoms with van der Waals surface area (Å²) in [6.45, 7) is 1.98. The Morgan fingerprint density at radius 3 is 3.00 bits per heavy atom. The van der Waals surface area contributed by atoms with Crippen molar-refractivity contribution in [2.45, 2.75) is 6.92 Å². The highest BCUT2D eigenvalue weighted by Gasteiger charge is 2.10. The molecule has 0 aromatic carbocycles. The molecule has 1 aromatic rings. The molecule has 0 aliphatic carbocycles. The van der Waals surface area contributed by atoms with Crippen LogP contribution in [0.15, 0.2) is 6.20 Å². The summed E-state index contributed by atoms with van der Waals surface area (Å²) in [7, 11) is 0. The highest BCUT2D eigenvalue weighted by Crippen LogP contribution is 2.12. The number of hydrogen-bond acceptors (Lipinski definition) is 5. The maximum atomic E-state index is 11.1. The number of anilines is 1. The van der Waals surface area contributed by atoms with Gasteiger partial charge in [-0.15, -0.1) is 0 Å². The zero-order chi connectivity index (χ0) is 9.84. The zero-order valence-electron chi connectivity index (χ0n) is 6.95. The first-order chi connectivity index (χ1) is 6.15. The van der Waals surface area contributed by atoms with Gasteiger partial charge in [0.15, 0.2) is 16.7 Å². The van der Waals surface area contributed by atoms with Crippen LogP contribution in [-0.4, -0.2) is 22.5 Å². The number of nitrogens with two attached hydrogens (primary N) is 1. The predicted octanol–water partition coefficient (Wildman–Crippen LogP) is 0.889. The highest BCUT2D eigenvalue weighted by molar-refractivity contribution is 6.31. The van der Waals surface area contributed by atoms with E-state index < -0.39 is 5.97 Å². The van der Waals surface area contributed by atoms with E-state index in [-0.39, 0.29) is 23.3 Å². The summed E-state index contributed by atoms with van der Waals surface area (Å²) in [6, 6.07) is 0. The number of rotatable bonds is 2. The first-order valence-electron chi connectivity index (χ1n) is 3.60. The Bertz CT molecular complexity index is 330. The minimum Gasteiger partial charge on any atom is -0.461 e. The Labute approximate surface area is 79.9 Å². The molecule has 0 saturated carbocycles. The summed E-state index contributed by atoms with van der Waals surface area (Å²) in [5, 5.41) is 0.0769. The van der Waals surface area contributed by atoms with Crippen LogP contribution in [0.25, 0.3) is 0 Å². The van der Waals surface area contributed by atoms with E-state index in [4.69, 9.17) is 17.3 Å². The molecular weight excluding hydrogens is 194 g/mol. The molecule has 0 aliphatic rings. The van der Waals surface area contributed by atoms with Crippen molar-refractivity contribution in [3.63, 3.8) is 0 Å². The summed E-state index contributed by atoms with van der Waals surface area (Å²) in [5.74, 6) is -0.536. The number of aromatic nitrogens is 2. The fourth-order valence-corrected chi connectivity index (χ4v) is 0.783. The summed E-state index contributed by atoms with van der Waals surface area (Å²) in [5.41, 5.74) is 5.40. The predicted molar refractivity (Wildman–Crippen MR) is 47.4 cm³/mol. The topological polar surface area (TPSA) is 78.1 Å². The van der Waals surface area contributed by atoms with Crippen LogP contribution in [-0.2, 0) is 4.74 Å². The van der Waals surface area contributed by atoms with Crippen molar-refractivity contribution in [1.82, 2.24) is 9.97 Å². The summed E-state index contributed by atoms with van der Waals surface area (Å²) < 4.78 is 4.68. The van der Waals surface area contributed by atoms with Crippen molar-refractivity contribution in [1.29, 1.82) is 0 Å². The lowest BCUT2D eigenvalue weighted by atomic mass is 10.4. The van der Waals surface area contributed by atoms with Crippen LogP contribution in [0, 0.1) is 0 Å². The van der Waals surface area contributed by atoms with Crippen molar-refractivity contribution in [3.05, 3.63) is 17.0 Å². The number of ether oxygens (including phenoxy) is 1. The maximum Gasteiger partial charge on any atom is 0.358 e. The molecule has 0 unspecified atom stereocenters. The molecule has 0 atom stereocenters. The molecule has 0 amide bonds. The van der Waals surface area contributed by atoms with Gasteiger partial charge in [-0.2, -0.15) is 0 Å². The highest BCUT2D eigenvalue weighted by atomic mass is 35.5. The molecule has 6 heteroatoms. The van der Waals surface area contributed by atoms with E-state index >= 15 is 0 Å². The molecule has 0 saturated heterocycles. The van der Waals surface area contributed by atoms with E-state index in [9.17, 15) is 4.79 Å². The molecule has 1 heterocycles. The number of hydrogen-bond donors (Lipinski definition) is 1. The van der Waals surface area contributed by atoms with E-state index in [0.717, 1.165) is 0 Å². The number of halogens is 1. The smallest absolute Gasteiger partial charge is 0.358 e. The second-order valence-corrected chi connectivity index (χ2v) is 2.51. The average molecular weight is 202 g/mol. The van der Waals surface area contributed by atoms with Crippen LogP contribution in [0.1, 0.15) is 17.4 Å². The van der Waals surface area contributed by atoms with E-state index in [0.29, 0.717) is 0 Å². The third kappa shape index (κ3) is 2.29. The largest absolute Gasteiger partial charge is 0.461 e. The van der Waals surface area contributed by atoms with E-state index in [2.05, 4.69) is 14.7 Å². The van der Waals surface area contributed by atoms with Crippen LogP contribution in [0.3, 0.4) is 0 Å². The Morgan fingerprint density at radius 2 is 2.46 bits per heavy atom. The average Bonchev–Trinajstić information content (AvgIpc) is 2.10. The van der Waals surface area contributed by atoms with Crippen LogP contribution >= 0.6 is 11.6 Å². The fraction of sp³-hybridized carbons (Fsp3) is 0.286. The SMILES string of the molecule is CCOC(=O)c1cnc(Cl)c(N)n1. The molecule has 1 aromatic heterocycles. The second kappa shape index (κ2) is 4.04. The van der Waals surface area contributed by atoms with Crippen LogP contribution in [0.5, 0.6) is 0 Å². The minimum absolute atomic E-state index is 0.0206. The van der Waals surface area contributed by atoms with Gasteiger partial charge in [0.25, 0.3) is 0 Å². The summed E-state index contributed by atoms with van der Waals surface area (Å²) in [4.78, 5) is 18.4. The Hall–Kier alpha value is -1.36. The van der Waals surface area contributed by atoms with Crippen molar-refractivity contribution >= 4 is 23.4 Å². The molecule has 5 nitrogen and oxygen atoms in total. The third-order valence-corrected chi connectivity index (χ3v) is 1.53. The van der Waals surface area contributed by atoms with Gasteiger partial charge in [-0.05, 0) is 6.92 Å². The summed E-state index contributed by atoms with van der Waals surface area (Å²) in [6.07, 6.45) is 1.22. The minimum atomic E-state index is -0.557. The Morgan fingerprint density at radius 1 is 1.77 bits per heavy atom. The first-order valence-corrected chi connectivity index (χ1v) is 3.98. The van der Waals surface area contributed by atoms with Gasteiger partial charge in [-0.1, -0.05) is 11.6 Å². The molecule has 0 spiro atoms. The lowest BCUT2D eigenvalue weighted by molar-refractivity contribution is 0.0519. The molecule has 0 radical (unpaired) electrons. The Balaban J connectivity index is 2.90. The molecule has 0 aliphatic heterocycles. The molecule has 70 valence electrons. The number of carbonyl (C=O) groups is 1. The normalized spacial score (nSPS) is 9.69. The lowest BCUT2D eigenvalue weighted by Crippen LogP contribution is -2.09. The molecule has 13 heavy (non-hydrogen) atoms. The quantitative estimate of drug-likeness (QED) is 0.719. The van der Waals surface area contributed by atoms with Gasteiger partial charge in [0, 0.05) is 0 Å². The van der Waals surface area contributed by atoms with E-state index in [1.807, 2.05) is 0 Å². The van der Waals surface area contributed by atoms with E-state index in [1.165, 1.54) is 6.20 Å². The molecule has 1 rings (SSSR count). The van der Waals surface area contributed by atoms with Crippen LogP contribution < -0.4 is 5.73 Å². The standard InChI is InChI=1S/C7H8ClN3O2/c1-2-13-7(12)4-3-10-5(8)6(9)11-4/h3H,2H2,1H3,(H2,9,11). The first kappa shape index (κ1) is 9.73. The van der Waals surface area contributed by atoms with Gasteiger partial charge in [0.05, 0.1) is 12.8 Å². The number of carbonyl (C=O) groups excluding carboxylic acids is 1. The summed E-state index contributed by atoms with van der Waals surface area (Å²) >= 11 is 5.51. The van der Waals surface area contributed by atoms with Crippen LogP contribution in [0.2, 0.25) is 5.15 Å². The fourth-order valence-electron chi connectivity index (χ4n) is 0.692. The van der Waals surface area contributed by atoms with Crippen molar-refractivity contribution in [3.8, 4) is 0 Å². The second-order valence-electron chi connectivity index (χ2n) is 2.15.